The molecule has 0 aliphatic heterocycles. The summed E-state index contributed by atoms with van der Waals surface area (Å²) in [6.45, 7) is 5.28. The molecule has 0 saturated heterocycles. The molecule has 0 aliphatic rings. The van der Waals surface area contributed by atoms with E-state index in [1.165, 1.54) is 0 Å². The summed E-state index contributed by atoms with van der Waals surface area (Å²) >= 11 is 0. The standard InChI is InChI=1S/C14H20N2O3S/c1-3-4-8-11-20(15,18)16-14(17)19-12(2)13-9-6-5-7-10-13/h3,5-7,9-10,12H,1,4,8,11H2,2H3,(H2,15,16,17,18)/t12-,20-/m0/s1. The van der Waals surface area contributed by atoms with Crippen molar-refractivity contribution in [2.45, 2.75) is 25.9 Å². The first-order valence-corrected chi connectivity index (χ1v) is 8.08. The molecule has 2 N–H and O–H groups in total. The van der Waals surface area contributed by atoms with Gasteiger partial charge in [0.15, 0.2) is 0 Å². The van der Waals surface area contributed by atoms with Crippen molar-refractivity contribution in [2.24, 2.45) is 9.50 Å². The van der Waals surface area contributed by atoms with Gasteiger partial charge in [-0.1, -0.05) is 36.4 Å². The summed E-state index contributed by atoms with van der Waals surface area (Å²) in [5.74, 6) is 0.147. The summed E-state index contributed by atoms with van der Waals surface area (Å²) in [5, 5.41) is 5.50. The van der Waals surface area contributed by atoms with Gasteiger partial charge in [0.1, 0.15) is 16.0 Å². The molecule has 110 valence electrons. The second-order valence-corrected chi connectivity index (χ2v) is 6.32. The largest absolute Gasteiger partial charge is 0.443 e. The molecule has 0 radical (unpaired) electrons. The van der Waals surface area contributed by atoms with Gasteiger partial charge in [0.2, 0.25) is 0 Å². The molecule has 0 heterocycles. The minimum absolute atomic E-state index is 0.147. The van der Waals surface area contributed by atoms with Crippen LogP contribution >= 0.6 is 0 Å². The number of rotatable bonds is 6. The van der Waals surface area contributed by atoms with Gasteiger partial charge in [-0.2, -0.15) is 0 Å². The van der Waals surface area contributed by atoms with E-state index in [0.29, 0.717) is 12.8 Å². The Bertz CT molecular complexity index is 563. The summed E-state index contributed by atoms with van der Waals surface area (Å²) in [6, 6.07) is 9.23. The molecule has 0 aliphatic carbocycles. The Morgan fingerprint density at radius 1 is 1.50 bits per heavy atom. The molecule has 6 heteroatoms. The fraction of sp³-hybridized carbons (Fsp3) is 0.357. The van der Waals surface area contributed by atoms with E-state index < -0.39 is 22.1 Å². The van der Waals surface area contributed by atoms with Crippen molar-refractivity contribution in [2.75, 3.05) is 5.75 Å². The predicted octanol–water partition coefficient (Wildman–Crippen LogP) is 3.19. The van der Waals surface area contributed by atoms with Gasteiger partial charge in [0.05, 0.1) is 0 Å². The van der Waals surface area contributed by atoms with Gasteiger partial charge in [-0.05, 0) is 25.3 Å². The highest BCUT2D eigenvalue weighted by Gasteiger charge is 2.13. The van der Waals surface area contributed by atoms with Crippen LogP contribution < -0.4 is 5.14 Å². The van der Waals surface area contributed by atoms with Crippen LogP contribution in [0.25, 0.3) is 0 Å². The molecular formula is C14H20N2O3S. The highest BCUT2D eigenvalue weighted by atomic mass is 32.2. The van der Waals surface area contributed by atoms with Gasteiger partial charge in [0.25, 0.3) is 0 Å². The average molecular weight is 296 g/mol. The number of amides is 1. The third-order valence-electron chi connectivity index (χ3n) is 2.62. The van der Waals surface area contributed by atoms with E-state index in [2.05, 4.69) is 10.9 Å². The molecule has 0 fully saturated rings. The smallest absolute Gasteiger partial charge is 0.440 e. The van der Waals surface area contributed by atoms with Crippen LogP contribution in [0, 0.1) is 0 Å². The molecule has 0 unspecified atom stereocenters. The van der Waals surface area contributed by atoms with Gasteiger partial charge >= 0.3 is 6.09 Å². The van der Waals surface area contributed by atoms with E-state index >= 15 is 0 Å². The van der Waals surface area contributed by atoms with Crippen molar-refractivity contribution in [3.05, 3.63) is 48.6 Å². The van der Waals surface area contributed by atoms with Crippen LogP contribution in [0.2, 0.25) is 0 Å². The zero-order valence-corrected chi connectivity index (χ0v) is 12.3. The quantitative estimate of drug-likeness (QED) is 0.646. The maximum absolute atomic E-state index is 11.9. The third kappa shape index (κ3) is 5.99. The Balaban J connectivity index is 2.62. The second-order valence-electron chi connectivity index (χ2n) is 4.35. The van der Waals surface area contributed by atoms with Crippen molar-refractivity contribution in [1.29, 1.82) is 0 Å². The summed E-state index contributed by atoms with van der Waals surface area (Å²) in [6.07, 6.45) is 1.59. The number of hydrogen-bond donors (Lipinski definition) is 1. The minimum atomic E-state index is -3.03. The molecule has 5 nitrogen and oxygen atoms in total. The van der Waals surface area contributed by atoms with Gasteiger partial charge in [0, 0.05) is 5.75 Å². The van der Waals surface area contributed by atoms with Gasteiger partial charge in [-0.3, -0.25) is 0 Å². The number of carbonyl (C=O) groups excluding carboxylic acids is 1. The van der Waals surface area contributed by atoms with Crippen LogP contribution in [0.15, 0.2) is 47.3 Å². The van der Waals surface area contributed by atoms with Crippen molar-refractivity contribution in [3.63, 3.8) is 0 Å². The van der Waals surface area contributed by atoms with Gasteiger partial charge in [-0.25, -0.2) is 14.1 Å². The van der Waals surface area contributed by atoms with Crippen LogP contribution in [-0.2, 0) is 14.7 Å². The maximum Gasteiger partial charge on any atom is 0.443 e. The highest BCUT2D eigenvalue weighted by molar-refractivity contribution is 7.91. The van der Waals surface area contributed by atoms with Gasteiger partial charge in [-0.15, -0.1) is 10.9 Å². The molecule has 0 bridgehead atoms. The van der Waals surface area contributed by atoms with Crippen LogP contribution in [-0.4, -0.2) is 16.1 Å². The predicted molar refractivity (Wildman–Crippen MR) is 80.4 cm³/mol. The lowest BCUT2D eigenvalue weighted by molar-refractivity contribution is 0.117. The van der Waals surface area contributed by atoms with Crippen LogP contribution in [0.3, 0.4) is 0 Å². The number of carbonyl (C=O) groups is 1. The zero-order valence-electron chi connectivity index (χ0n) is 11.5. The van der Waals surface area contributed by atoms with Gasteiger partial charge < -0.3 is 4.74 Å². The first-order chi connectivity index (χ1) is 9.44. The Morgan fingerprint density at radius 3 is 2.75 bits per heavy atom. The maximum atomic E-state index is 11.9. The first-order valence-electron chi connectivity index (χ1n) is 6.33. The van der Waals surface area contributed by atoms with Crippen molar-refractivity contribution < 1.29 is 13.7 Å². The van der Waals surface area contributed by atoms with Crippen LogP contribution in [0.4, 0.5) is 4.79 Å². The molecule has 1 aromatic rings. The van der Waals surface area contributed by atoms with E-state index in [4.69, 9.17) is 9.88 Å². The number of nitrogens with two attached hydrogens (primary N) is 1. The lowest BCUT2D eigenvalue weighted by Crippen LogP contribution is -2.19. The molecule has 0 saturated carbocycles. The Hall–Kier alpha value is -1.66. The minimum Gasteiger partial charge on any atom is -0.440 e. The molecular weight excluding hydrogens is 276 g/mol. The van der Waals surface area contributed by atoms with Crippen molar-refractivity contribution in [3.8, 4) is 0 Å². The lowest BCUT2D eigenvalue weighted by atomic mass is 10.1. The van der Waals surface area contributed by atoms with E-state index in [-0.39, 0.29) is 5.75 Å². The molecule has 2 atom stereocenters. The number of benzene rings is 1. The third-order valence-corrected chi connectivity index (χ3v) is 3.95. The molecule has 20 heavy (non-hydrogen) atoms. The molecule has 0 spiro atoms. The summed E-state index contributed by atoms with van der Waals surface area (Å²) in [5.41, 5.74) is 0.839. The van der Waals surface area contributed by atoms with E-state index in [1.54, 1.807) is 13.0 Å². The number of unbranched alkanes of at least 4 members (excludes halogenated alkanes) is 1. The highest BCUT2D eigenvalue weighted by Crippen LogP contribution is 2.16. The van der Waals surface area contributed by atoms with Crippen molar-refractivity contribution in [1.82, 2.24) is 0 Å². The normalized spacial score (nSPS) is 14.9. The lowest BCUT2D eigenvalue weighted by Gasteiger charge is -2.11. The van der Waals surface area contributed by atoms with Crippen LogP contribution in [0.5, 0.6) is 0 Å². The number of nitrogens with zero attached hydrogens (tertiary/aromatic N) is 1. The number of hydrogen-bond acceptors (Lipinski definition) is 3. The van der Waals surface area contributed by atoms with E-state index in [9.17, 15) is 9.00 Å². The second kappa shape index (κ2) is 7.81. The van der Waals surface area contributed by atoms with E-state index in [0.717, 1.165) is 5.56 Å². The monoisotopic (exact) mass is 296 g/mol. The Kier molecular flexibility index (Phi) is 6.41. The summed E-state index contributed by atoms with van der Waals surface area (Å²) in [7, 11) is -3.03. The number of ether oxygens (including phenoxy) is 1. The summed E-state index contributed by atoms with van der Waals surface area (Å²) < 4.78 is 20.4. The van der Waals surface area contributed by atoms with E-state index in [1.807, 2.05) is 30.3 Å². The fourth-order valence-electron chi connectivity index (χ4n) is 1.57. The number of allylic oxidation sites excluding steroid dienone is 1. The SMILES string of the molecule is C=CCCC[S@@](N)(=O)=NC(=O)O[C@@H](C)c1ccccc1. The zero-order chi connectivity index (χ0) is 15.0. The average Bonchev–Trinajstić information content (AvgIpc) is 2.39. The Morgan fingerprint density at radius 2 is 2.15 bits per heavy atom. The Labute approximate surface area is 120 Å². The van der Waals surface area contributed by atoms with Crippen molar-refractivity contribution >= 4 is 16.0 Å². The fourth-order valence-corrected chi connectivity index (χ4v) is 2.54. The first kappa shape index (κ1) is 16.4. The molecule has 1 amide bonds. The molecule has 1 aromatic carbocycles. The molecule has 0 aromatic heterocycles. The van der Waals surface area contributed by atoms with Crippen LogP contribution in [0.1, 0.15) is 31.4 Å². The summed E-state index contributed by atoms with van der Waals surface area (Å²) in [4.78, 5) is 11.6. The topological polar surface area (TPSA) is 81.8 Å². The molecule has 1 rings (SSSR count).